The molecule has 0 N–H and O–H groups in total. The van der Waals surface area contributed by atoms with Gasteiger partial charge >= 0.3 is 0 Å². The van der Waals surface area contributed by atoms with Gasteiger partial charge in [-0.15, -0.1) is 0 Å². The Hall–Kier alpha value is -3.26. The van der Waals surface area contributed by atoms with E-state index in [0.717, 1.165) is 33.9 Å². The summed E-state index contributed by atoms with van der Waals surface area (Å²) in [6.07, 6.45) is 0.330. The summed E-state index contributed by atoms with van der Waals surface area (Å²) in [5, 5.41) is 1.34. The molecule has 0 aliphatic heterocycles. The van der Waals surface area contributed by atoms with Gasteiger partial charge in [-0.2, -0.15) is 0 Å². The molecule has 1 atom stereocenters. The molecule has 0 aliphatic carbocycles. The summed E-state index contributed by atoms with van der Waals surface area (Å²) in [7, 11) is -3.41. The molecular weight excluding hydrogens is 534 g/mol. The molecule has 8 heteroatoms. The third-order valence-electron chi connectivity index (χ3n) is 6.45. The molecule has 4 aromatic rings. The lowest BCUT2D eigenvalue weighted by Crippen LogP contribution is -2.27. The summed E-state index contributed by atoms with van der Waals surface area (Å²) < 4.78 is 32.2. The van der Waals surface area contributed by atoms with Crippen LogP contribution in [0.3, 0.4) is 0 Å². The minimum absolute atomic E-state index is 0.131. The Morgan fingerprint density at radius 2 is 1.69 bits per heavy atom. The van der Waals surface area contributed by atoms with Crippen molar-refractivity contribution in [3.8, 4) is 11.1 Å². The second kappa shape index (κ2) is 10.7. The Kier molecular flexibility index (Phi) is 7.90. The van der Waals surface area contributed by atoms with E-state index in [1.807, 2.05) is 45.9 Å². The zero-order chi connectivity index (χ0) is 28.7. The molecule has 39 heavy (non-hydrogen) atoms. The van der Waals surface area contributed by atoms with Gasteiger partial charge < -0.3 is 9.30 Å². The number of fused-ring (bicyclic) bond motifs is 1. The number of Topliss-reactive ketones (excluding diaryl/α,β-unsaturated/α-hetero) is 1. The number of sulfone groups is 1. The van der Waals surface area contributed by atoms with E-state index >= 15 is 0 Å². The molecule has 0 saturated carbocycles. The summed E-state index contributed by atoms with van der Waals surface area (Å²) in [6, 6.07) is 19.1. The van der Waals surface area contributed by atoms with Crippen molar-refractivity contribution in [3.05, 3.63) is 98.8 Å². The van der Waals surface area contributed by atoms with Crippen LogP contribution in [0.15, 0.2) is 76.4 Å². The second-order valence-electron chi connectivity index (χ2n) is 10.8. The lowest BCUT2D eigenvalue weighted by Gasteiger charge is -2.30. The Balaban J connectivity index is 2.04. The average Bonchev–Trinajstić information content (AvgIpc) is 2.83. The van der Waals surface area contributed by atoms with Crippen molar-refractivity contribution in [2.24, 2.45) is 0 Å². The molecule has 204 valence electrons. The van der Waals surface area contributed by atoms with Gasteiger partial charge in [0.05, 0.1) is 22.6 Å². The predicted molar refractivity (Wildman–Crippen MR) is 156 cm³/mol. The number of carbonyl (C=O) groups excluding carboxylic acids is 1. The number of aryl methyl sites for hydroxylation is 1. The molecule has 0 spiro atoms. The van der Waals surface area contributed by atoms with E-state index in [-0.39, 0.29) is 22.8 Å². The van der Waals surface area contributed by atoms with Crippen LogP contribution in [-0.4, -0.2) is 30.6 Å². The smallest absolute Gasteiger partial charge is 0.251 e. The van der Waals surface area contributed by atoms with Crippen molar-refractivity contribution in [2.45, 2.75) is 57.8 Å². The predicted octanol–water partition coefficient (Wildman–Crippen LogP) is 6.53. The van der Waals surface area contributed by atoms with Gasteiger partial charge in [0.15, 0.2) is 15.6 Å². The standard InChI is InChI=1S/C31H32ClNO5S/c1-19-16-26-25(14-15-27(35)33(26)18-21-8-7-9-24(17-21)39(6,36)37)29(22-10-12-23(32)13-11-22)28(19)30(20(2)34)38-31(3,4)5/h7-17,30H,18H2,1-6H3/t30-/m1/s1. The van der Waals surface area contributed by atoms with E-state index in [4.69, 9.17) is 16.3 Å². The molecule has 1 aromatic heterocycles. The lowest BCUT2D eigenvalue weighted by molar-refractivity contribution is -0.138. The number of ketones is 1. The van der Waals surface area contributed by atoms with Gasteiger partial charge in [-0.3, -0.25) is 9.59 Å². The van der Waals surface area contributed by atoms with E-state index in [9.17, 15) is 18.0 Å². The van der Waals surface area contributed by atoms with Crippen molar-refractivity contribution in [1.29, 1.82) is 0 Å². The largest absolute Gasteiger partial charge is 0.360 e. The number of aromatic nitrogens is 1. The quantitative estimate of drug-likeness (QED) is 0.254. The maximum atomic E-state index is 13.2. The minimum Gasteiger partial charge on any atom is -0.360 e. The number of nitrogens with zero attached hydrogens (tertiary/aromatic N) is 1. The third kappa shape index (κ3) is 6.32. The maximum Gasteiger partial charge on any atom is 0.251 e. The second-order valence-corrected chi connectivity index (χ2v) is 13.3. The number of pyridine rings is 1. The summed E-state index contributed by atoms with van der Waals surface area (Å²) in [5.74, 6) is -0.131. The van der Waals surface area contributed by atoms with Gasteiger partial charge in [0.25, 0.3) is 5.56 Å². The van der Waals surface area contributed by atoms with Crippen molar-refractivity contribution in [3.63, 3.8) is 0 Å². The zero-order valence-corrected chi connectivity index (χ0v) is 24.5. The van der Waals surface area contributed by atoms with Gasteiger partial charge in [0.2, 0.25) is 0 Å². The highest BCUT2D eigenvalue weighted by Gasteiger charge is 2.30. The van der Waals surface area contributed by atoms with E-state index in [0.29, 0.717) is 16.1 Å². The number of ether oxygens (including phenoxy) is 1. The molecular formula is C31H32ClNO5S. The van der Waals surface area contributed by atoms with Crippen molar-refractivity contribution in [2.75, 3.05) is 6.26 Å². The van der Waals surface area contributed by atoms with E-state index in [2.05, 4.69) is 0 Å². The van der Waals surface area contributed by atoms with Gasteiger partial charge in [-0.25, -0.2) is 8.42 Å². The molecule has 0 amide bonds. The Morgan fingerprint density at radius 3 is 2.28 bits per heavy atom. The molecule has 1 heterocycles. The van der Waals surface area contributed by atoms with Crippen molar-refractivity contribution in [1.82, 2.24) is 4.57 Å². The fraction of sp³-hybridized carbons (Fsp3) is 0.290. The number of halogens is 1. The fourth-order valence-electron chi connectivity index (χ4n) is 4.77. The molecule has 0 radical (unpaired) electrons. The molecule has 0 aliphatic rings. The summed E-state index contributed by atoms with van der Waals surface area (Å²) in [6.45, 7) is 9.31. The molecule has 4 rings (SSSR count). The zero-order valence-electron chi connectivity index (χ0n) is 22.9. The Bertz CT molecular complexity index is 1730. The van der Waals surface area contributed by atoms with Crippen LogP contribution in [0.25, 0.3) is 22.0 Å². The van der Waals surface area contributed by atoms with E-state index in [1.165, 1.54) is 19.1 Å². The topological polar surface area (TPSA) is 82.4 Å². The van der Waals surface area contributed by atoms with Crippen LogP contribution in [0.1, 0.15) is 50.5 Å². The SMILES string of the molecule is CC(=O)[C@@H](OC(C)(C)C)c1c(C)cc2c(ccc(=O)n2Cc2cccc(S(C)(=O)=O)c2)c1-c1ccc(Cl)cc1. The van der Waals surface area contributed by atoms with Gasteiger partial charge in [0, 0.05) is 22.7 Å². The molecule has 0 fully saturated rings. The molecule has 0 bridgehead atoms. The molecule has 3 aromatic carbocycles. The molecule has 0 unspecified atom stereocenters. The van der Waals surface area contributed by atoms with Crippen molar-refractivity contribution >= 4 is 38.1 Å². The van der Waals surface area contributed by atoms with Gasteiger partial charge in [-0.05, 0) is 98.8 Å². The van der Waals surface area contributed by atoms with Crippen LogP contribution in [0.5, 0.6) is 0 Å². The number of carbonyl (C=O) groups is 1. The lowest BCUT2D eigenvalue weighted by atomic mass is 9.87. The number of hydrogen-bond acceptors (Lipinski definition) is 5. The van der Waals surface area contributed by atoms with Crippen molar-refractivity contribution < 1.29 is 17.9 Å². The van der Waals surface area contributed by atoms with Crippen LogP contribution in [0, 0.1) is 6.92 Å². The first-order valence-electron chi connectivity index (χ1n) is 12.6. The first kappa shape index (κ1) is 28.7. The molecule has 0 saturated heterocycles. The van der Waals surface area contributed by atoms with Crippen LogP contribution in [-0.2, 0) is 25.9 Å². The summed E-state index contributed by atoms with van der Waals surface area (Å²) in [4.78, 5) is 26.4. The van der Waals surface area contributed by atoms with Gasteiger partial charge in [0.1, 0.15) is 6.10 Å². The highest BCUT2D eigenvalue weighted by Crippen LogP contribution is 2.40. The summed E-state index contributed by atoms with van der Waals surface area (Å²) in [5.41, 5.74) is 3.67. The highest BCUT2D eigenvalue weighted by atomic mass is 35.5. The van der Waals surface area contributed by atoms with E-state index < -0.39 is 21.5 Å². The Labute approximate surface area is 234 Å². The van der Waals surface area contributed by atoms with Crippen LogP contribution >= 0.6 is 11.6 Å². The fourth-order valence-corrected chi connectivity index (χ4v) is 5.59. The summed E-state index contributed by atoms with van der Waals surface area (Å²) >= 11 is 6.20. The normalized spacial score (nSPS) is 13.0. The molecule has 6 nitrogen and oxygen atoms in total. The van der Waals surface area contributed by atoms with Crippen LogP contribution in [0.2, 0.25) is 5.02 Å². The number of rotatable bonds is 7. The maximum absolute atomic E-state index is 13.2. The van der Waals surface area contributed by atoms with E-state index in [1.54, 1.807) is 41.0 Å². The number of hydrogen-bond donors (Lipinski definition) is 0. The average molecular weight is 566 g/mol. The third-order valence-corrected chi connectivity index (χ3v) is 7.81. The first-order chi connectivity index (χ1) is 18.2. The monoisotopic (exact) mass is 565 g/mol. The first-order valence-corrected chi connectivity index (χ1v) is 14.8. The number of benzene rings is 3. The highest BCUT2D eigenvalue weighted by molar-refractivity contribution is 7.90. The van der Waals surface area contributed by atoms with Gasteiger partial charge in [-0.1, -0.05) is 35.9 Å². The minimum atomic E-state index is -3.41. The van der Waals surface area contributed by atoms with Crippen LogP contribution < -0.4 is 5.56 Å². The van der Waals surface area contributed by atoms with Crippen LogP contribution in [0.4, 0.5) is 0 Å². The Morgan fingerprint density at radius 1 is 1.03 bits per heavy atom.